The van der Waals surface area contributed by atoms with E-state index in [1.165, 1.54) is 6.07 Å². The van der Waals surface area contributed by atoms with E-state index in [1.54, 1.807) is 12.1 Å². The molecule has 0 aliphatic heterocycles. The van der Waals surface area contributed by atoms with Crippen LogP contribution < -0.4 is 17.2 Å². The fraction of sp³-hybridized carbons (Fsp3) is 0.333. The summed E-state index contributed by atoms with van der Waals surface area (Å²) < 4.78 is 26.6. The lowest BCUT2D eigenvalue weighted by atomic mass is 9.78. The highest BCUT2D eigenvalue weighted by Gasteiger charge is 2.47. The Morgan fingerprint density at radius 3 is 2.20 bits per heavy atom. The van der Waals surface area contributed by atoms with Gasteiger partial charge in [0, 0.05) is 12.0 Å². The Labute approximate surface area is 182 Å². The summed E-state index contributed by atoms with van der Waals surface area (Å²) in [6.07, 6.45) is -0.0535. The molecule has 0 aliphatic carbocycles. The van der Waals surface area contributed by atoms with E-state index in [1.807, 2.05) is 50.2 Å². The first-order valence-electron chi connectivity index (χ1n) is 9.38. The van der Waals surface area contributed by atoms with Gasteiger partial charge in [0.05, 0.1) is 4.90 Å². The van der Waals surface area contributed by atoms with E-state index < -0.39 is 25.4 Å². The number of benzene rings is 2. The molecule has 0 heterocycles. The number of hydrogen-bond donors (Lipinski definition) is 3. The van der Waals surface area contributed by atoms with E-state index in [-0.39, 0.29) is 30.2 Å². The number of sulfone groups is 1. The summed E-state index contributed by atoms with van der Waals surface area (Å²) in [5.41, 5.74) is 17.9. The van der Waals surface area contributed by atoms with Gasteiger partial charge in [-0.15, -0.1) is 0 Å². The van der Waals surface area contributed by atoms with Crippen molar-refractivity contribution in [1.82, 2.24) is 0 Å². The minimum atomic E-state index is -4.28. The van der Waals surface area contributed by atoms with E-state index in [9.17, 15) is 13.2 Å². The van der Waals surface area contributed by atoms with Crippen LogP contribution in [0.15, 0.2) is 64.5 Å². The average Bonchev–Trinajstić information content (AvgIpc) is 2.71. The second-order valence-corrected chi connectivity index (χ2v) is 10.1. The highest BCUT2D eigenvalue weighted by Crippen LogP contribution is 2.35. The van der Waals surface area contributed by atoms with E-state index in [0.29, 0.717) is 0 Å². The first-order chi connectivity index (χ1) is 13.9. The van der Waals surface area contributed by atoms with Crippen molar-refractivity contribution in [3.63, 3.8) is 0 Å². The first-order valence-corrected chi connectivity index (χ1v) is 11.2. The third kappa shape index (κ3) is 4.83. The van der Waals surface area contributed by atoms with Crippen LogP contribution in [0.1, 0.15) is 37.8 Å². The molecule has 0 fully saturated rings. The van der Waals surface area contributed by atoms with Gasteiger partial charge < -0.3 is 17.2 Å². The number of nitrogens with two attached hydrogens (primary N) is 3. The van der Waals surface area contributed by atoms with Crippen LogP contribution in [0.4, 0.5) is 0 Å². The van der Waals surface area contributed by atoms with Crippen molar-refractivity contribution >= 4 is 32.6 Å². The maximum absolute atomic E-state index is 13.3. The zero-order valence-corrected chi connectivity index (χ0v) is 18.6. The molecule has 2 rings (SSSR count). The summed E-state index contributed by atoms with van der Waals surface area (Å²) in [4.78, 5) is 13.5. The molecule has 0 unspecified atom stereocenters. The average molecular weight is 451 g/mol. The summed E-state index contributed by atoms with van der Waals surface area (Å²) in [5, 5.41) is -1.15. The van der Waals surface area contributed by atoms with Gasteiger partial charge in [-0.3, -0.25) is 9.79 Å². The van der Waals surface area contributed by atoms with Crippen molar-refractivity contribution in [3.8, 4) is 0 Å². The number of halogens is 1. The Hall–Kier alpha value is -2.42. The quantitative estimate of drug-likeness (QED) is 0.231. The molecule has 0 radical (unpaired) electrons. The monoisotopic (exact) mass is 450 g/mol. The highest BCUT2D eigenvalue weighted by atomic mass is 35.5. The van der Waals surface area contributed by atoms with Gasteiger partial charge in [-0.05, 0) is 47.7 Å². The largest absolute Gasteiger partial charge is 0.370 e. The Morgan fingerprint density at radius 1 is 1.03 bits per heavy atom. The maximum Gasteiger partial charge on any atom is 0.257 e. The van der Waals surface area contributed by atoms with E-state index in [4.69, 9.17) is 28.8 Å². The molecule has 0 amide bonds. The summed E-state index contributed by atoms with van der Waals surface area (Å²) >= 11 is 5.66. The molecule has 6 N–H and O–H groups in total. The van der Waals surface area contributed by atoms with Gasteiger partial charge in [0.15, 0.2) is 10.8 Å². The standard InChI is InChI=1S/C21H27ClN4O3S/c1-20(2,15-8-4-3-5-9-15)16-10-6-11-17(14-16)30(28,29)21(25,18(22)27)12-7-13-26-19(23)24/h3-6,8-11,14H,7,12-13,25H2,1-2H3,(H4,23,24,26)/t21-/m0/s1. The Kier molecular flexibility index (Phi) is 7.28. The highest BCUT2D eigenvalue weighted by molar-refractivity contribution is 7.93. The Morgan fingerprint density at radius 2 is 1.63 bits per heavy atom. The van der Waals surface area contributed by atoms with Gasteiger partial charge in [-0.2, -0.15) is 0 Å². The van der Waals surface area contributed by atoms with Crippen molar-refractivity contribution in [1.29, 1.82) is 0 Å². The van der Waals surface area contributed by atoms with E-state index >= 15 is 0 Å². The number of guanidine groups is 1. The van der Waals surface area contributed by atoms with Crippen molar-refractivity contribution in [2.75, 3.05) is 6.54 Å². The van der Waals surface area contributed by atoms with Gasteiger partial charge >= 0.3 is 0 Å². The van der Waals surface area contributed by atoms with Crippen LogP contribution in [0.2, 0.25) is 0 Å². The fourth-order valence-corrected chi connectivity index (χ4v) is 5.16. The van der Waals surface area contributed by atoms with Gasteiger partial charge in [0.25, 0.3) is 5.24 Å². The molecule has 162 valence electrons. The molecular formula is C21H27ClN4O3S. The van der Waals surface area contributed by atoms with Gasteiger partial charge in [0.1, 0.15) is 0 Å². The molecule has 0 aliphatic rings. The molecule has 2 aromatic rings. The second kappa shape index (κ2) is 9.16. The maximum atomic E-state index is 13.3. The summed E-state index contributed by atoms with van der Waals surface area (Å²) in [5.74, 6) is -0.131. The minimum absolute atomic E-state index is 0.0673. The van der Waals surface area contributed by atoms with E-state index in [0.717, 1.165) is 11.1 Å². The molecule has 9 heteroatoms. The van der Waals surface area contributed by atoms with Crippen LogP contribution in [-0.2, 0) is 20.0 Å². The summed E-state index contributed by atoms with van der Waals surface area (Å²) in [6.45, 7) is 4.11. The summed E-state index contributed by atoms with van der Waals surface area (Å²) in [6, 6.07) is 16.1. The molecule has 30 heavy (non-hydrogen) atoms. The molecule has 2 aromatic carbocycles. The smallest absolute Gasteiger partial charge is 0.257 e. The number of aliphatic imine (C=N–C) groups is 1. The van der Waals surface area contributed by atoms with Crippen molar-refractivity contribution in [2.45, 2.75) is 41.9 Å². The van der Waals surface area contributed by atoms with Crippen LogP contribution >= 0.6 is 11.6 Å². The van der Waals surface area contributed by atoms with Gasteiger partial charge in [0.2, 0.25) is 9.84 Å². The molecular weight excluding hydrogens is 424 g/mol. The lowest BCUT2D eigenvalue weighted by molar-refractivity contribution is -0.114. The van der Waals surface area contributed by atoms with Crippen LogP contribution in [0.5, 0.6) is 0 Å². The molecule has 0 bridgehead atoms. The molecule has 1 atom stereocenters. The van der Waals surface area contributed by atoms with Crippen LogP contribution in [0, 0.1) is 0 Å². The third-order valence-corrected chi connectivity index (χ3v) is 7.85. The Bertz CT molecular complexity index is 1040. The number of carbonyl (C=O) groups excluding carboxylic acids is 1. The lowest BCUT2D eigenvalue weighted by Crippen LogP contribution is -2.53. The summed E-state index contributed by atoms with van der Waals surface area (Å²) in [7, 11) is -4.28. The zero-order chi connectivity index (χ0) is 22.6. The third-order valence-electron chi connectivity index (χ3n) is 5.17. The zero-order valence-electron chi connectivity index (χ0n) is 17.0. The number of hydrogen-bond acceptors (Lipinski definition) is 5. The van der Waals surface area contributed by atoms with Gasteiger partial charge in [-0.1, -0.05) is 56.3 Å². The van der Waals surface area contributed by atoms with Crippen LogP contribution in [-0.4, -0.2) is 31.0 Å². The van der Waals surface area contributed by atoms with Crippen LogP contribution in [0.3, 0.4) is 0 Å². The minimum Gasteiger partial charge on any atom is -0.370 e. The van der Waals surface area contributed by atoms with Crippen molar-refractivity contribution in [3.05, 3.63) is 65.7 Å². The predicted molar refractivity (Wildman–Crippen MR) is 120 cm³/mol. The second-order valence-electron chi connectivity index (χ2n) is 7.60. The van der Waals surface area contributed by atoms with Gasteiger partial charge in [-0.25, -0.2) is 8.42 Å². The predicted octanol–water partition coefficient (Wildman–Crippen LogP) is 2.26. The van der Waals surface area contributed by atoms with E-state index in [2.05, 4.69) is 4.99 Å². The Balaban J connectivity index is 2.44. The molecule has 0 spiro atoms. The normalized spacial score (nSPS) is 14.0. The SMILES string of the molecule is CC(C)(c1ccccc1)c1cccc(S(=O)(=O)[C@@](N)(CCCN=C(N)N)C(=O)Cl)c1. The first kappa shape index (κ1) is 23.9. The van der Waals surface area contributed by atoms with Crippen molar-refractivity contribution < 1.29 is 13.2 Å². The number of nitrogens with zero attached hydrogens (tertiary/aromatic N) is 1. The molecule has 0 aromatic heterocycles. The topological polar surface area (TPSA) is 142 Å². The molecule has 0 saturated carbocycles. The van der Waals surface area contributed by atoms with Crippen molar-refractivity contribution in [2.24, 2.45) is 22.2 Å². The van der Waals surface area contributed by atoms with Crippen LogP contribution in [0.25, 0.3) is 0 Å². The lowest BCUT2D eigenvalue weighted by Gasteiger charge is -2.28. The molecule has 7 nitrogen and oxygen atoms in total. The fourth-order valence-electron chi connectivity index (χ4n) is 3.17. The molecule has 0 saturated heterocycles. The number of carbonyl (C=O) groups is 1. The number of rotatable bonds is 9.